The van der Waals surface area contributed by atoms with Gasteiger partial charge in [-0.3, -0.25) is 0 Å². The van der Waals surface area contributed by atoms with Crippen LogP contribution in [0.25, 0.3) is 0 Å². The van der Waals surface area contributed by atoms with Gasteiger partial charge in [-0.1, -0.05) is 58.2 Å². The van der Waals surface area contributed by atoms with E-state index in [0.29, 0.717) is 16.6 Å². The van der Waals surface area contributed by atoms with Crippen LogP contribution in [0.1, 0.15) is 41.5 Å². The summed E-state index contributed by atoms with van der Waals surface area (Å²) >= 11 is 32.2. The van der Waals surface area contributed by atoms with Crippen molar-refractivity contribution in [2.75, 3.05) is 0 Å². The molecule has 0 aromatic heterocycles. The predicted octanol–water partition coefficient (Wildman–Crippen LogP) is 6.40. The van der Waals surface area contributed by atoms with Crippen LogP contribution in [0.5, 0.6) is 0 Å². The highest BCUT2D eigenvalue weighted by Crippen LogP contribution is 2.56. The fourth-order valence-electron chi connectivity index (χ4n) is 3.33. The molecule has 8 heteroatoms. The number of rotatable bonds is 5. The smallest absolute Gasteiger partial charge is 0.149 e. The van der Waals surface area contributed by atoms with Crippen LogP contribution in [-0.4, -0.2) is 18.8 Å². The molecule has 0 spiro atoms. The van der Waals surface area contributed by atoms with Gasteiger partial charge in [-0.25, -0.2) is 0 Å². The Morgan fingerprint density at radius 3 is 0.882 bits per heavy atom. The maximum Gasteiger partial charge on any atom is 0.355 e. The molecule has 0 fully saturated rings. The van der Waals surface area contributed by atoms with Crippen molar-refractivity contribution in [2.45, 2.75) is 58.2 Å². The van der Waals surface area contributed by atoms with Crippen molar-refractivity contribution in [3.63, 3.8) is 0 Å². The second-order valence-corrected chi connectivity index (χ2v) is 41.3. The minimum absolute atomic E-state index is 0.423. The maximum absolute atomic E-state index is 6.75. The fourth-order valence-corrected chi connectivity index (χ4v) is 55.3. The third-order valence-corrected chi connectivity index (χ3v) is 57.3. The van der Waals surface area contributed by atoms with E-state index >= 15 is 0 Å². The summed E-state index contributed by atoms with van der Waals surface area (Å²) in [6.45, 7) is 13.1. The van der Waals surface area contributed by atoms with E-state index in [4.69, 9.17) is 55.4 Å². The van der Waals surface area contributed by atoms with Crippen molar-refractivity contribution in [1.29, 1.82) is 0 Å². The Labute approximate surface area is 131 Å². The molecule has 0 atom stereocenters. The van der Waals surface area contributed by atoms with E-state index in [1.807, 2.05) is 0 Å². The summed E-state index contributed by atoms with van der Waals surface area (Å²) in [7, 11) is -2.05. The van der Waals surface area contributed by atoms with E-state index in [2.05, 4.69) is 41.5 Å². The zero-order valence-corrected chi connectivity index (χ0v) is 17.9. The summed E-state index contributed by atoms with van der Waals surface area (Å²) in [5, 5.41) is 0. The van der Waals surface area contributed by atoms with Crippen LogP contribution in [0.4, 0.5) is 0 Å². The second-order valence-electron chi connectivity index (χ2n) is 5.47. The summed E-state index contributed by atoms with van der Waals surface area (Å²) in [6, 6.07) is 0. The van der Waals surface area contributed by atoms with Gasteiger partial charge in [0.25, 0.3) is 5.73 Å². The normalized spacial score (nSPS) is 15.2. The number of hydrogen-bond acceptors (Lipinski definition) is 0. The van der Waals surface area contributed by atoms with Crippen LogP contribution in [0.15, 0.2) is 0 Å². The second kappa shape index (κ2) is 6.25. The Morgan fingerprint density at radius 1 is 0.588 bits per heavy atom. The first kappa shape index (κ1) is 19.1. The van der Waals surface area contributed by atoms with Crippen LogP contribution in [0.3, 0.4) is 0 Å². The van der Waals surface area contributed by atoms with Crippen molar-refractivity contribution in [3.05, 3.63) is 0 Å². The summed E-state index contributed by atoms with van der Waals surface area (Å²) in [4.78, 5) is 0. The van der Waals surface area contributed by atoms with Gasteiger partial charge in [-0.2, -0.15) is 0 Å². The molecule has 0 aromatic rings. The molecule has 0 aliphatic heterocycles. The highest BCUT2D eigenvalue weighted by molar-refractivity contribution is 8.14. The lowest BCUT2D eigenvalue weighted by molar-refractivity contribution is 0.846. The minimum atomic E-state index is -3.06. The average molecular weight is 391 g/mol. The molecule has 0 heterocycles. The van der Waals surface area contributed by atoms with Gasteiger partial charge in [0, 0.05) is 0 Å². The topological polar surface area (TPSA) is 0 Å². The average Bonchev–Trinajstić information content (AvgIpc) is 1.98. The first-order valence-electron chi connectivity index (χ1n) is 5.78. The Kier molecular flexibility index (Phi) is 7.02. The Balaban J connectivity index is 5.95. The highest BCUT2D eigenvalue weighted by Gasteiger charge is 2.69. The molecule has 0 saturated carbocycles. The lowest BCUT2D eigenvalue weighted by Gasteiger charge is -2.50. The molecular weight excluding hydrogens is 370 g/mol. The largest absolute Gasteiger partial charge is 0.355 e. The first-order valence-corrected chi connectivity index (χ1v) is 19.1. The van der Waals surface area contributed by atoms with Gasteiger partial charge < -0.3 is 0 Å². The number of hydrogen-bond donors (Lipinski definition) is 0. The third kappa shape index (κ3) is 3.23. The van der Waals surface area contributed by atoms with E-state index in [-0.39, 0.29) is 0 Å². The predicted molar refractivity (Wildman–Crippen MR) is 91.8 cm³/mol. The molecule has 0 rings (SSSR count). The summed E-state index contributed by atoms with van der Waals surface area (Å²) < 4.78 is 0. The van der Waals surface area contributed by atoms with Crippen molar-refractivity contribution < 1.29 is 0 Å². The molecular formula is C9H21Cl5Si3. The van der Waals surface area contributed by atoms with Gasteiger partial charge in [0.05, 0.1) is 7.59 Å². The SMILES string of the molecule is CC(C)[Si](C(C)C)(C(C)C)[Si](Cl)(Cl)[Si](Cl)(Cl)Cl. The van der Waals surface area contributed by atoms with Crippen LogP contribution >= 0.6 is 55.4 Å². The van der Waals surface area contributed by atoms with Crippen LogP contribution < -0.4 is 0 Å². The van der Waals surface area contributed by atoms with Crippen LogP contribution in [-0.2, 0) is 0 Å². The highest BCUT2D eigenvalue weighted by atomic mass is 35.9. The molecule has 0 aliphatic rings. The monoisotopic (exact) mass is 388 g/mol. The van der Waals surface area contributed by atoms with Gasteiger partial charge >= 0.3 is 5.52 Å². The van der Waals surface area contributed by atoms with Crippen molar-refractivity contribution in [3.8, 4) is 0 Å². The third-order valence-electron chi connectivity index (χ3n) is 3.77. The van der Waals surface area contributed by atoms with Crippen LogP contribution in [0, 0.1) is 0 Å². The van der Waals surface area contributed by atoms with Crippen LogP contribution in [0.2, 0.25) is 16.6 Å². The molecule has 0 amide bonds. The maximum atomic E-state index is 6.75. The van der Waals surface area contributed by atoms with E-state index < -0.39 is 18.8 Å². The molecule has 0 bridgehead atoms. The molecule has 0 radical (unpaired) electrons. The summed E-state index contributed by atoms with van der Waals surface area (Å²) in [6.07, 6.45) is 0. The van der Waals surface area contributed by atoms with E-state index in [9.17, 15) is 0 Å². The Morgan fingerprint density at radius 2 is 0.824 bits per heavy atom. The molecule has 0 saturated heterocycles. The molecule has 0 aromatic carbocycles. The number of halogens is 5. The molecule has 104 valence electrons. The molecule has 0 N–H and O–H groups in total. The summed E-state index contributed by atoms with van der Waals surface area (Å²) in [5.41, 5.74) is -4.65. The van der Waals surface area contributed by atoms with E-state index in [1.54, 1.807) is 0 Å². The molecule has 0 unspecified atom stereocenters. The van der Waals surface area contributed by atoms with Gasteiger partial charge in [-0.15, -0.1) is 55.4 Å². The van der Waals surface area contributed by atoms with E-state index in [0.717, 1.165) is 0 Å². The zero-order valence-electron chi connectivity index (χ0n) is 11.1. The Hall–Kier alpha value is 2.10. The zero-order chi connectivity index (χ0) is 14.2. The van der Waals surface area contributed by atoms with Crippen molar-refractivity contribution in [1.82, 2.24) is 0 Å². The van der Waals surface area contributed by atoms with Crippen molar-refractivity contribution in [2.24, 2.45) is 0 Å². The van der Waals surface area contributed by atoms with Crippen molar-refractivity contribution >= 4 is 74.2 Å². The lowest BCUT2D eigenvalue weighted by atomic mass is 10.5. The molecule has 17 heavy (non-hydrogen) atoms. The standard InChI is InChI=1S/C9H21Cl5Si3/c1-7(2)15(8(3)4,9(5)6)17(13,14)16(10,11)12/h7-9H,1-6H3. The lowest BCUT2D eigenvalue weighted by Crippen LogP contribution is -2.70. The van der Waals surface area contributed by atoms with Gasteiger partial charge in [-0.05, 0) is 0 Å². The van der Waals surface area contributed by atoms with E-state index in [1.165, 1.54) is 0 Å². The minimum Gasteiger partial charge on any atom is -0.149 e. The quantitative estimate of drug-likeness (QED) is 0.376. The molecule has 0 nitrogen and oxygen atoms in total. The van der Waals surface area contributed by atoms with Gasteiger partial charge in [0.15, 0.2) is 0 Å². The first-order chi connectivity index (χ1) is 7.33. The fraction of sp³-hybridized carbons (Fsp3) is 1.00. The van der Waals surface area contributed by atoms with Gasteiger partial charge in [0.2, 0.25) is 0 Å². The molecule has 0 aliphatic carbocycles. The van der Waals surface area contributed by atoms with Gasteiger partial charge in [0.1, 0.15) is 0 Å². The Bertz CT molecular complexity index is 238. The summed E-state index contributed by atoms with van der Waals surface area (Å²) in [5.74, 6) is 0.